The molecule has 1 N–H and O–H groups in total. The second-order valence-electron chi connectivity index (χ2n) is 10.0. The van der Waals surface area contributed by atoms with E-state index >= 15 is 0 Å². The molecule has 1 amide bonds. The third-order valence-corrected chi connectivity index (χ3v) is 7.77. The standard InChI is InChI=1S/C32H23Cl2F3N4O3/c1-16(38-29-21-8-4-17(33)12-27(21)39-25-10-6-19(43-2)14-23(25)29)41(31(42)32(35,36)37)30-22-9-5-18(34)13-28(22)40-26-11-7-20(44-3)15-24(26)30/h4-16H,1-3H3,(H,38,39). The van der Waals surface area contributed by atoms with Crippen LogP contribution in [0.25, 0.3) is 43.6 Å². The average Bonchev–Trinajstić information content (AvgIpc) is 2.99. The molecule has 7 nitrogen and oxygen atoms in total. The number of rotatable bonds is 6. The number of ether oxygens (including phenoxy) is 2. The maximum atomic E-state index is 14.4. The lowest BCUT2D eigenvalue weighted by Crippen LogP contribution is -2.49. The largest absolute Gasteiger partial charge is 0.497 e. The number of halogens is 5. The quantitative estimate of drug-likeness (QED) is 0.145. The minimum Gasteiger partial charge on any atom is -0.497 e. The summed E-state index contributed by atoms with van der Waals surface area (Å²) in [6, 6.07) is 19.7. The summed E-state index contributed by atoms with van der Waals surface area (Å²) in [5.41, 5.74) is 2.15. The van der Waals surface area contributed by atoms with Gasteiger partial charge in [0.05, 0.1) is 47.7 Å². The van der Waals surface area contributed by atoms with Gasteiger partial charge in [0, 0.05) is 31.6 Å². The van der Waals surface area contributed by atoms with E-state index in [0.29, 0.717) is 70.4 Å². The Morgan fingerprint density at radius 1 is 0.750 bits per heavy atom. The van der Waals surface area contributed by atoms with Gasteiger partial charge in [-0.1, -0.05) is 23.2 Å². The molecule has 0 bridgehead atoms. The van der Waals surface area contributed by atoms with Crippen molar-refractivity contribution in [3.8, 4) is 11.5 Å². The Morgan fingerprint density at radius 3 is 1.84 bits per heavy atom. The SMILES string of the molecule is COc1ccc2nc3cc(Cl)ccc3c(NC(C)N(C(=O)C(F)(F)F)c3c4ccc(Cl)cc4nc4ccc(OC)cc34)c2c1. The molecule has 1 atom stereocenters. The first-order chi connectivity index (χ1) is 21.0. The van der Waals surface area contributed by atoms with Gasteiger partial charge in [-0.05, 0) is 79.7 Å². The highest BCUT2D eigenvalue weighted by molar-refractivity contribution is 6.32. The fraction of sp³-hybridized carbons (Fsp3) is 0.156. The molecular weight excluding hydrogens is 616 g/mol. The van der Waals surface area contributed by atoms with Crippen LogP contribution in [0.4, 0.5) is 24.5 Å². The van der Waals surface area contributed by atoms with Crippen LogP contribution in [0.5, 0.6) is 11.5 Å². The van der Waals surface area contributed by atoms with Crippen molar-refractivity contribution < 1.29 is 27.4 Å². The summed E-state index contributed by atoms with van der Waals surface area (Å²) < 4.78 is 54.1. The lowest BCUT2D eigenvalue weighted by molar-refractivity contribution is -0.170. The van der Waals surface area contributed by atoms with Gasteiger partial charge >= 0.3 is 12.1 Å². The van der Waals surface area contributed by atoms with Gasteiger partial charge in [0.2, 0.25) is 0 Å². The lowest BCUT2D eigenvalue weighted by atomic mass is 10.0. The number of amides is 1. The lowest BCUT2D eigenvalue weighted by Gasteiger charge is -2.33. The average molecular weight is 639 g/mol. The fourth-order valence-corrected chi connectivity index (χ4v) is 5.65. The highest BCUT2D eigenvalue weighted by Gasteiger charge is 2.45. The van der Waals surface area contributed by atoms with Crippen LogP contribution >= 0.6 is 23.2 Å². The summed E-state index contributed by atoms with van der Waals surface area (Å²) in [4.78, 5) is 23.4. The summed E-state index contributed by atoms with van der Waals surface area (Å²) in [6.45, 7) is 1.48. The van der Waals surface area contributed by atoms with Crippen LogP contribution in [0.1, 0.15) is 6.92 Å². The first-order valence-electron chi connectivity index (χ1n) is 13.3. The first kappa shape index (κ1) is 29.5. The molecule has 224 valence electrons. The number of carbonyl (C=O) groups excluding carboxylic acids is 1. The van der Waals surface area contributed by atoms with E-state index in [1.165, 1.54) is 33.3 Å². The first-order valence-corrected chi connectivity index (χ1v) is 14.0. The molecule has 0 radical (unpaired) electrons. The Hall–Kier alpha value is -4.54. The number of nitrogens with one attached hydrogen (secondary N) is 1. The Bertz CT molecular complexity index is 2110. The van der Waals surface area contributed by atoms with E-state index in [4.69, 9.17) is 37.7 Å². The van der Waals surface area contributed by atoms with Crippen LogP contribution in [-0.2, 0) is 4.79 Å². The Kier molecular flexibility index (Phi) is 7.51. The molecule has 1 unspecified atom stereocenters. The minimum absolute atomic E-state index is 0.00816. The molecule has 12 heteroatoms. The number of benzene rings is 4. The molecule has 4 aromatic carbocycles. The fourth-order valence-electron chi connectivity index (χ4n) is 5.32. The molecule has 6 rings (SSSR count). The van der Waals surface area contributed by atoms with Gasteiger partial charge in [-0.2, -0.15) is 13.2 Å². The molecule has 0 saturated heterocycles. The van der Waals surface area contributed by atoms with Crippen LogP contribution in [0.3, 0.4) is 0 Å². The smallest absolute Gasteiger partial charge is 0.471 e. The van der Waals surface area contributed by atoms with Crippen LogP contribution < -0.4 is 19.7 Å². The van der Waals surface area contributed by atoms with Crippen LogP contribution in [0.2, 0.25) is 10.0 Å². The number of pyridine rings is 2. The van der Waals surface area contributed by atoms with Gasteiger partial charge in [-0.3, -0.25) is 9.69 Å². The second kappa shape index (κ2) is 11.2. The van der Waals surface area contributed by atoms with E-state index in [-0.39, 0.29) is 11.1 Å². The van der Waals surface area contributed by atoms with Crippen molar-refractivity contribution in [1.82, 2.24) is 9.97 Å². The number of aromatic nitrogens is 2. The van der Waals surface area contributed by atoms with Crippen molar-refractivity contribution in [2.24, 2.45) is 0 Å². The zero-order valence-corrected chi connectivity index (χ0v) is 25.0. The van der Waals surface area contributed by atoms with Crippen molar-refractivity contribution in [3.05, 3.63) is 82.8 Å². The van der Waals surface area contributed by atoms with Gasteiger partial charge in [-0.15, -0.1) is 0 Å². The summed E-state index contributed by atoms with van der Waals surface area (Å²) in [5.74, 6) is -1.18. The van der Waals surface area contributed by atoms with E-state index < -0.39 is 18.2 Å². The molecule has 2 aromatic heterocycles. The van der Waals surface area contributed by atoms with Gasteiger partial charge < -0.3 is 14.8 Å². The zero-order valence-electron chi connectivity index (χ0n) is 23.5. The zero-order chi connectivity index (χ0) is 31.3. The van der Waals surface area contributed by atoms with Crippen molar-refractivity contribution in [2.45, 2.75) is 19.3 Å². The van der Waals surface area contributed by atoms with E-state index in [1.807, 2.05) is 0 Å². The number of fused-ring (bicyclic) bond motifs is 4. The maximum Gasteiger partial charge on any atom is 0.471 e. The molecule has 0 aliphatic heterocycles. The van der Waals surface area contributed by atoms with Gasteiger partial charge in [0.25, 0.3) is 0 Å². The molecule has 44 heavy (non-hydrogen) atoms. The highest BCUT2D eigenvalue weighted by Crippen LogP contribution is 2.41. The van der Waals surface area contributed by atoms with Crippen LogP contribution in [-0.4, -0.2) is 42.4 Å². The molecule has 0 aliphatic rings. The van der Waals surface area contributed by atoms with Crippen molar-refractivity contribution in [3.63, 3.8) is 0 Å². The molecule has 0 spiro atoms. The number of nitrogens with zero attached hydrogens (tertiary/aromatic N) is 3. The van der Waals surface area contributed by atoms with E-state index in [2.05, 4.69) is 10.3 Å². The Labute approximate surface area is 259 Å². The summed E-state index contributed by atoms with van der Waals surface area (Å²) >= 11 is 12.5. The maximum absolute atomic E-state index is 14.4. The normalized spacial score (nSPS) is 12.5. The van der Waals surface area contributed by atoms with Crippen LogP contribution in [0, 0.1) is 0 Å². The van der Waals surface area contributed by atoms with E-state index in [9.17, 15) is 18.0 Å². The summed E-state index contributed by atoms with van der Waals surface area (Å²) in [5, 5.41) is 5.71. The minimum atomic E-state index is -5.22. The van der Waals surface area contributed by atoms with Gasteiger partial charge in [0.1, 0.15) is 17.7 Å². The Morgan fingerprint density at radius 2 is 1.27 bits per heavy atom. The molecule has 6 aromatic rings. The van der Waals surface area contributed by atoms with Gasteiger partial charge in [-0.25, -0.2) is 9.97 Å². The molecular formula is C32H23Cl2F3N4O3. The highest BCUT2D eigenvalue weighted by atomic mass is 35.5. The number of carbonyl (C=O) groups is 1. The van der Waals surface area contributed by atoms with E-state index in [1.54, 1.807) is 60.7 Å². The van der Waals surface area contributed by atoms with Crippen molar-refractivity contribution in [1.29, 1.82) is 0 Å². The molecule has 0 saturated carbocycles. The van der Waals surface area contributed by atoms with Crippen molar-refractivity contribution in [2.75, 3.05) is 24.4 Å². The number of alkyl halides is 3. The molecule has 2 heterocycles. The molecule has 0 fully saturated rings. The third-order valence-electron chi connectivity index (χ3n) is 7.30. The second-order valence-corrected chi connectivity index (χ2v) is 10.9. The number of hydrogen-bond donors (Lipinski definition) is 1. The summed E-state index contributed by atoms with van der Waals surface area (Å²) in [6.07, 6.45) is -6.47. The van der Waals surface area contributed by atoms with Crippen molar-refractivity contribution >= 4 is 84.1 Å². The number of hydrogen-bond acceptors (Lipinski definition) is 6. The van der Waals surface area contributed by atoms with E-state index in [0.717, 1.165) is 0 Å². The topological polar surface area (TPSA) is 76.6 Å². The van der Waals surface area contributed by atoms with Gasteiger partial charge in [0.15, 0.2) is 0 Å². The monoisotopic (exact) mass is 638 g/mol. The number of methoxy groups -OCH3 is 2. The summed E-state index contributed by atoms with van der Waals surface area (Å²) in [7, 11) is 2.95. The third kappa shape index (κ3) is 5.24. The Balaban J connectivity index is 1.64. The predicted molar refractivity (Wildman–Crippen MR) is 168 cm³/mol. The molecule has 0 aliphatic carbocycles. The predicted octanol–water partition coefficient (Wildman–Crippen LogP) is 8.77. The number of anilines is 2. The van der Waals surface area contributed by atoms with Crippen LogP contribution in [0.15, 0.2) is 72.8 Å².